The molecule has 104 valence electrons. The van der Waals surface area contributed by atoms with Crippen LogP contribution >= 0.6 is 11.8 Å². The van der Waals surface area contributed by atoms with Gasteiger partial charge in [0.15, 0.2) is 0 Å². The van der Waals surface area contributed by atoms with E-state index in [0.29, 0.717) is 12.5 Å². The highest BCUT2D eigenvalue weighted by atomic mass is 32.2. The molecule has 0 aromatic heterocycles. The Morgan fingerprint density at radius 1 is 1.15 bits per heavy atom. The van der Waals surface area contributed by atoms with E-state index in [1.165, 1.54) is 10.5 Å². The number of hydrogen-bond acceptors (Lipinski definition) is 3. The lowest BCUT2D eigenvalue weighted by Gasteiger charge is -2.12. The molecule has 0 saturated carbocycles. The van der Waals surface area contributed by atoms with Gasteiger partial charge in [-0.2, -0.15) is 0 Å². The summed E-state index contributed by atoms with van der Waals surface area (Å²) < 4.78 is 11.1. The van der Waals surface area contributed by atoms with Gasteiger partial charge in [0, 0.05) is 16.6 Å². The third-order valence-corrected chi connectivity index (χ3v) is 4.77. The highest BCUT2D eigenvalue weighted by molar-refractivity contribution is 7.99. The van der Waals surface area contributed by atoms with Crippen molar-refractivity contribution in [2.45, 2.75) is 17.4 Å². The summed E-state index contributed by atoms with van der Waals surface area (Å²) >= 11 is 1.93. The Bertz CT molecular complexity index is 583. The number of hydrogen-bond donors (Lipinski definition) is 0. The van der Waals surface area contributed by atoms with E-state index in [4.69, 9.17) is 9.47 Å². The van der Waals surface area contributed by atoms with Crippen LogP contribution in [-0.4, -0.2) is 19.5 Å². The Morgan fingerprint density at radius 3 is 2.95 bits per heavy atom. The van der Waals surface area contributed by atoms with Crippen LogP contribution in [0.25, 0.3) is 0 Å². The molecule has 3 rings (SSSR count). The van der Waals surface area contributed by atoms with Crippen LogP contribution in [0.1, 0.15) is 17.0 Å². The van der Waals surface area contributed by atoms with Gasteiger partial charge in [0.1, 0.15) is 5.75 Å². The Labute approximate surface area is 124 Å². The molecular weight excluding hydrogens is 268 g/mol. The fourth-order valence-electron chi connectivity index (χ4n) is 2.45. The van der Waals surface area contributed by atoms with Gasteiger partial charge in [-0.3, -0.25) is 0 Å². The zero-order valence-electron chi connectivity index (χ0n) is 11.5. The van der Waals surface area contributed by atoms with E-state index < -0.39 is 0 Å². The summed E-state index contributed by atoms with van der Waals surface area (Å²) in [7, 11) is 1.69. The van der Waals surface area contributed by atoms with Crippen molar-refractivity contribution in [3.63, 3.8) is 0 Å². The summed E-state index contributed by atoms with van der Waals surface area (Å²) in [6.45, 7) is 1.42. The van der Waals surface area contributed by atoms with Gasteiger partial charge < -0.3 is 9.47 Å². The molecule has 0 N–H and O–H groups in total. The van der Waals surface area contributed by atoms with Gasteiger partial charge in [-0.15, -0.1) is 11.8 Å². The van der Waals surface area contributed by atoms with Crippen molar-refractivity contribution in [1.29, 1.82) is 0 Å². The molecule has 0 radical (unpaired) electrons. The molecule has 1 aliphatic rings. The van der Waals surface area contributed by atoms with Crippen LogP contribution in [0.3, 0.4) is 0 Å². The normalized spacial score (nSPS) is 16.9. The minimum atomic E-state index is 0.516. The lowest BCUT2D eigenvalue weighted by molar-refractivity contribution is 0.111. The van der Waals surface area contributed by atoms with Crippen molar-refractivity contribution in [3.8, 4) is 5.75 Å². The van der Waals surface area contributed by atoms with Gasteiger partial charge in [-0.1, -0.05) is 30.3 Å². The molecular formula is C17H18O2S. The van der Waals surface area contributed by atoms with Gasteiger partial charge in [0.05, 0.1) is 20.3 Å². The predicted molar refractivity (Wildman–Crippen MR) is 82.6 cm³/mol. The molecule has 1 aliphatic heterocycles. The first-order valence-electron chi connectivity index (χ1n) is 6.79. The fourth-order valence-corrected chi connectivity index (χ4v) is 3.68. The Kier molecular flexibility index (Phi) is 4.28. The third-order valence-electron chi connectivity index (χ3n) is 3.52. The summed E-state index contributed by atoms with van der Waals surface area (Å²) in [4.78, 5) is 1.41. The van der Waals surface area contributed by atoms with Crippen molar-refractivity contribution < 1.29 is 9.47 Å². The van der Waals surface area contributed by atoms with Crippen molar-refractivity contribution in [1.82, 2.24) is 0 Å². The standard InChI is InChI=1S/C17H18O2S/c1-18-15-6-4-5-13(9-15)10-19-11-14-12-20-17-8-3-2-7-16(14)17/h2-9,14H,10-12H2,1H3. The van der Waals surface area contributed by atoms with Gasteiger partial charge >= 0.3 is 0 Å². The molecule has 20 heavy (non-hydrogen) atoms. The molecule has 3 heteroatoms. The lowest BCUT2D eigenvalue weighted by Crippen LogP contribution is -2.07. The number of methoxy groups -OCH3 is 1. The molecule has 0 fully saturated rings. The van der Waals surface area contributed by atoms with Crippen molar-refractivity contribution >= 4 is 11.8 Å². The first-order valence-corrected chi connectivity index (χ1v) is 7.78. The number of ether oxygens (including phenoxy) is 2. The summed E-state index contributed by atoms with van der Waals surface area (Å²) in [5.74, 6) is 2.52. The largest absolute Gasteiger partial charge is 0.497 e. The lowest BCUT2D eigenvalue weighted by atomic mass is 10.0. The zero-order valence-corrected chi connectivity index (χ0v) is 12.4. The molecule has 2 aromatic rings. The predicted octanol–water partition coefficient (Wildman–Crippen LogP) is 4.10. The number of fused-ring (bicyclic) bond motifs is 1. The monoisotopic (exact) mass is 286 g/mol. The van der Waals surface area contributed by atoms with E-state index in [-0.39, 0.29) is 0 Å². The van der Waals surface area contributed by atoms with Crippen LogP contribution in [0.2, 0.25) is 0 Å². The van der Waals surface area contributed by atoms with E-state index >= 15 is 0 Å². The summed E-state index contributed by atoms with van der Waals surface area (Å²) in [5.41, 5.74) is 2.59. The summed E-state index contributed by atoms with van der Waals surface area (Å²) in [6.07, 6.45) is 0. The van der Waals surface area contributed by atoms with Crippen LogP contribution in [0.5, 0.6) is 5.75 Å². The maximum absolute atomic E-state index is 5.89. The van der Waals surface area contributed by atoms with Crippen LogP contribution < -0.4 is 4.74 Å². The average molecular weight is 286 g/mol. The Balaban J connectivity index is 1.56. The van der Waals surface area contributed by atoms with E-state index in [1.807, 2.05) is 30.0 Å². The minimum Gasteiger partial charge on any atom is -0.497 e. The smallest absolute Gasteiger partial charge is 0.119 e. The van der Waals surface area contributed by atoms with E-state index in [1.54, 1.807) is 7.11 Å². The molecule has 2 nitrogen and oxygen atoms in total. The van der Waals surface area contributed by atoms with Crippen LogP contribution in [0, 0.1) is 0 Å². The SMILES string of the molecule is COc1cccc(COCC2CSc3ccccc32)c1. The average Bonchev–Trinajstić information content (AvgIpc) is 2.91. The van der Waals surface area contributed by atoms with Gasteiger partial charge in [0.2, 0.25) is 0 Å². The van der Waals surface area contributed by atoms with Crippen LogP contribution in [0.15, 0.2) is 53.4 Å². The van der Waals surface area contributed by atoms with Gasteiger partial charge in [-0.05, 0) is 29.3 Å². The molecule has 2 aromatic carbocycles. The zero-order chi connectivity index (χ0) is 13.8. The Morgan fingerprint density at radius 2 is 2.05 bits per heavy atom. The number of thioether (sulfide) groups is 1. The quantitative estimate of drug-likeness (QED) is 0.824. The fraction of sp³-hybridized carbons (Fsp3) is 0.294. The van der Waals surface area contributed by atoms with E-state index in [2.05, 4.69) is 30.3 Å². The molecule has 1 atom stereocenters. The van der Waals surface area contributed by atoms with Crippen molar-refractivity contribution in [3.05, 3.63) is 59.7 Å². The maximum Gasteiger partial charge on any atom is 0.119 e. The molecule has 0 aliphatic carbocycles. The first kappa shape index (κ1) is 13.5. The van der Waals surface area contributed by atoms with Crippen LogP contribution in [0.4, 0.5) is 0 Å². The van der Waals surface area contributed by atoms with Gasteiger partial charge in [-0.25, -0.2) is 0 Å². The molecule has 1 unspecified atom stereocenters. The maximum atomic E-state index is 5.89. The second-order valence-electron chi connectivity index (χ2n) is 4.91. The van der Waals surface area contributed by atoms with Crippen LogP contribution in [-0.2, 0) is 11.3 Å². The minimum absolute atomic E-state index is 0.516. The van der Waals surface area contributed by atoms with Crippen molar-refractivity contribution in [2.24, 2.45) is 0 Å². The summed E-state index contributed by atoms with van der Waals surface area (Å²) in [5, 5.41) is 0. The molecule has 0 bridgehead atoms. The second-order valence-corrected chi connectivity index (χ2v) is 5.97. The number of rotatable bonds is 5. The highest BCUT2D eigenvalue weighted by Gasteiger charge is 2.22. The van der Waals surface area contributed by atoms with E-state index in [9.17, 15) is 0 Å². The van der Waals surface area contributed by atoms with E-state index in [0.717, 1.165) is 23.7 Å². The molecule has 1 heterocycles. The summed E-state index contributed by atoms with van der Waals surface area (Å²) in [6, 6.07) is 16.7. The second kappa shape index (κ2) is 6.33. The van der Waals surface area contributed by atoms with Crippen molar-refractivity contribution in [2.75, 3.05) is 19.5 Å². The molecule has 0 saturated heterocycles. The molecule has 0 spiro atoms. The molecule has 0 amide bonds. The first-order chi connectivity index (χ1) is 9.86. The third kappa shape index (κ3) is 3.00. The Hall–Kier alpha value is -1.45. The topological polar surface area (TPSA) is 18.5 Å². The number of benzene rings is 2. The highest BCUT2D eigenvalue weighted by Crippen LogP contribution is 2.39. The van der Waals surface area contributed by atoms with Gasteiger partial charge in [0.25, 0.3) is 0 Å².